The number of rotatable bonds is 5. The second kappa shape index (κ2) is 7.92. The van der Waals surface area contributed by atoms with Gasteiger partial charge in [0.15, 0.2) is 0 Å². The third-order valence-corrected chi connectivity index (χ3v) is 4.75. The highest BCUT2D eigenvalue weighted by Gasteiger charge is 2.20. The number of benzene rings is 1. The van der Waals surface area contributed by atoms with Crippen molar-refractivity contribution in [2.75, 3.05) is 32.8 Å². The lowest BCUT2D eigenvalue weighted by Gasteiger charge is -2.25. The summed E-state index contributed by atoms with van der Waals surface area (Å²) in [5.74, 6) is 0. The molecular weight excluding hydrogens is 260 g/mol. The molecule has 3 rings (SSSR count). The van der Waals surface area contributed by atoms with Crippen LogP contribution in [0.15, 0.2) is 30.3 Å². The minimum atomic E-state index is 0.459. The van der Waals surface area contributed by atoms with E-state index in [0.717, 1.165) is 26.2 Å². The number of ether oxygens (including phenoxy) is 1. The maximum Gasteiger partial charge on any atom is 0.0597 e. The Balaban J connectivity index is 1.48. The molecule has 1 aromatic rings. The topological polar surface area (TPSA) is 24.5 Å². The predicted octanol–water partition coefficient (Wildman–Crippen LogP) is 2.98. The summed E-state index contributed by atoms with van der Waals surface area (Å²) in [4.78, 5) is 2.56. The van der Waals surface area contributed by atoms with Crippen molar-refractivity contribution in [1.29, 1.82) is 0 Å². The van der Waals surface area contributed by atoms with Gasteiger partial charge in [-0.1, -0.05) is 43.2 Å². The molecule has 3 heteroatoms. The van der Waals surface area contributed by atoms with Gasteiger partial charge in [-0.25, -0.2) is 0 Å². The van der Waals surface area contributed by atoms with Crippen molar-refractivity contribution in [3.63, 3.8) is 0 Å². The second-order valence-electron chi connectivity index (χ2n) is 6.35. The SMILES string of the molecule is c1ccc(C2CN(CCOC3CCCC3)CCCN2)cc1. The predicted molar refractivity (Wildman–Crippen MR) is 86.5 cm³/mol. The Morgan fingerprint density at radius 2 is 1.90 bits per heavy atom. The van der Waals surface area contributed by atoms with Gasteiger partial charge in [-0.05, 0) is 37.9 Å². The molecule has 1 aliphatic carbocycles. The molecule has 1 unspecified atom stereocenters. The van der Waals surface area contributed by atoms with Crippen molar-refractivity contribution in [2.24, 2.45) is 0 Å². The lowest BCUT2D eigenvalue weighted by Crippen LogP contribution is -2.34. The summed E-state index contributed by atoms with van der Waals surface area (Å²) in [5.41, 5.74) is 1.40. The van der Waals surface area contributed by atoms with E-state index in [1.807, 2.05) is 0 Å². The molecule has 0 bridgehead atoms. The number of hydrogen-bond donors (Lipinski definition) is 1. The molecular formula is C18H28N2O. The number of hydrogen-bond acceptors (Lipinski definition) is 3. The Kier molecular flexibility index (Phi) is 5.67. The molecule has 1 saturated carbocycles. The highest BCUT2D eigenvalue weighted by Crippen LogP contribution is 2.21. The van der Waals surface area contributed by atoms with Gasteiger partial charge in [0.05, 0.1) is 12.7 Å². The van der Waals surface area contributed by atoms with Crippen molar-refractivity contribution in [2.45, 2.75) is 44.2 Å². The van der Waals surface area contributed by atoms with Crippen molar-refractivity contribution in [3.05, 3.63) is 35.9 Å². The van der Waals surface area contributed by atoms with Crippen molar-refractivity contribution in [1.82, 2.24) is 10.2 Å². The molecule has 1 atom stereocenters. The molecule has 0 amide bonds. The molecule has 1 saturated heterocycles. The first-order chi connectivity index (χ1) is 10.4. The average molecular weight is 288 g/mol. The molecule has 0 spiro atoms. The third-order valence-electron chi connectivity index (χ3n) is 4.75. The fraction of sp³-hybridized carbons (Fsp3) is 0.667. The van der Waals surface area contributed by atoms with Gasteiger partial charge in [-0.2, -0.15) is 0 Å². The Hall–Kier alpha value is -0.900. The lowest BCUT2D eigenvalue weighted by molar-refractivity contribution is 0.0416. The zero-order valence-corrected chi connectivity index (χ0v) is 13.0. The number of nitrogens with one attached hydrogen (secondary N) is 1. The van der Waals surface area contributed by atoms with Crippen molar-refractivity contribution in [3.8, 4) is 0 Å². The van der Waals surface area contributed by atoms with Crippen LogP contribution in [0.1, 0.15) is 43.7 Å². The minimum absolute atomic E-state index is 0.459. The zero-order valence-electron chi connectivity index (χ0n) is 13.0. The summed E-state index contributed by atoms with van der Waals surface area (Å²) in [7, 11) is 0. The van der Waals surface area contributed by atoms with E-state index in [1.54, 1.807) is 0 Å². The maximum absolute atomic E-state index is 6.03. The van der Waals surface area contributed by atoms with Gasteiger partial charge in [-0.3, -0.25) is 4.90 Å². The first-order valence-corrected chi connectivity index (χ1v) is 8.54. The molecule has 2 fully saturated rings. The van der Waals surface area contributed by atoms with E-state index in [4.69, 9.17) is 4.74 Å². The molecule has 0 radical (unpaired) electrons. The molecule has 3 nitrogen and oxygen atoms in total. The summed E-state index contributed by atoms with van der Waals surface area (Å²) in [6.07, 6.45) is 7.03. The zero-order chi connectivity index (χ0) is 14.3. The van der Waals surface area contributed by atoms with Crippen LogP contribution >= 0.6 is 0 Å². The van der Waals surface area contributed by atoms with Crippen molar-refractivity contribution < 1.29 is 4.74 Å². The first-order valence-electron chi connectivity index (χ1n) is 8.54. The van der Waals surface area contributed by atoms with Crippen LogP contribution < -0.4 is 5.32 Å². The largest absolute Gasteiger partial charge is 0.377 e. The van der Waals surface area contributed by atoms with Crippen LogP contribution in [0.2, 0.25) is 0 Å². The normalized spacial score (nSPS) is 25.0. The van der Waals surface area contributed by atoms with Crippen molar-refractivity contribution >= 4 is 0 Å². The molecule has 0 aromatic heterocycles. The van der Waals surface area contributed by atoms with Crippen LogP contribution in [0.4, 0.5) is 0 Å². The Morgan fingerprint density at radius 1 is 1.10 bits per heavy atom. The molecule has 1 N–H and O–H groups in total. The van der Waals surface area contributed by atoms with Gasteiger partial charge < -0.3 is 10.1 Å². The quantitative estimate of drug-likeness (QED) is 0.901. The molecule has 1 aliphatic heterocycles. The minimum Gasteiger partial charge on any atom is -0.377 e. The van der Waals surface area contributed by atoms with E-state index in [0.29, 0.717) is 12.1 Å². The Bertz CT molecular complexity index is 403. The van der Waals surface area contributed by atoms with Gasteiger partial charge >= 0.3 is 0 Å². The molecule has 2 aliphatic rings. The third kappa shape index (κ3) is 4.53. The van der Waals surface area contributed by atoms with Crippen LogP contribution in [-0.2, 0) is 4.74 Å². The molecule has 1 aromatic carbocycles. The van der Waals surface area contributed by atoms with Crippen LogP contribution in [0, 0.1) is 0 Å². The number of nitrogens with zero attached hydrogens (tertiary/aromatic N) is 1. The molecule has 1 heterocycles. The van der Waals surface area contributed by atoms with E-state index in [2.05, 4.69) is 40.5 Å². The van der Waals surface area contributed by atoms with Gasteiger partial charge in [0, 0.05) is 19.1 Å². The highest BCUT2D eigenvalue weighted by molar-refractivity contribution is 5.19. The summed E-state index contributed by atoms with van der Waals surface area (Å²) < 4.78 is 6.03. The van der Waals surface area contributed by atoms with E-state index in [-0.39, 0.29) is 0 Å². The van der Waals surface area contributed by atoms with E-state index in [9.17, 15) is 0 Å². The molecule has 21 heavy (non-hydrogen) atoms. The standard InChI is InChI=1S/C18H28N2O/c1-2-7-16(8-3-1)18-15-20(12-6-11-19-18)13-14-21-17-9-4-5-10-17/h1-3,7-8,17-19H,4-6,9-15H2. The van der Waals surface area contributed by atoms with E-state index in [1.165, 1.54) is 44.2 Å². The second-order valence-corrected chi connectivity index (χ2v) is 6.35. The summed E-state index contributed by atoms with van der Waals surface area (Å²) in [6, 6.07) is 11.3. The summed E-state index contributed by atoms with van der Waals surface area (Å²) in [5, 5.41) is 3.68. The van der Waals surface area contributed by atoms with Gasteiger partial charge in [0.2, 0.25) is 0 Å². The highest BCUT2D eigenvalue weighted by atomic mass is 16.5. The monoisotopic (exact) mass is 288 g/mol. The summed E-state index contributed by atoms with van der Waals surface area (Å²) in [6.45, 7) is 5.36. The summed E-state index contributed by atoms with van der Waals surface area (Å²) >= 11 is 0. The average Bonchev–Trinajstić information content (AvgIpc) is 2.93. The van der Waals surface area contributed by atoms with Crippen LogP contribution in [0.25, 0.3) is 0 Å². The first kappa shape index (κ1) is 15.0. The fourth-order valence-electron chi connectivity index (χ4n) is 3.51. The lowest BCUT2D eigenvalue weighted by atomic mass is 10.1. The molecule has 116 valence electrons. The Labute approximate surface area is 128 Å². The van der Waals surface area contributed by atoms with E-state index >= 15 is 0 Å². The van der Waals surface area contributed by atoms with Crippen LogP contribution in [-0.4, -0.2) is 43.8 Å². The van der Waals surface area contributed by atoms with Gasteiger partial charge in [-0.15, -0.1) is 0 Å². The van der Waals surface area contributed by atoms with Gasteiger partial charge in [0.1, 0.15) is 0 Å². The van der Waals surface area contributed by atoms with E-state index < -0.39 is 0 Å². The van der Waals surface area contributed by atoms with Crippen LogP contribution in [0.5, 0.6) is 0 Å². The maximum atomic E-state index is 6.03. The van der Waals surface area contributed by atoms with Gasteiger partial charge in [0.25, 0.3) is 0 Å². The Morgan fingerprint density at radius 3 is 2.71 bits per heavy atom. The smallest absolute Gasteiger partial charge is 0.0597 e. The fourth-order valence-corrected chi connectivity index (χ4v) is 3.51. The van der Waals surface area contributed by atoms with Crippen LogP contribution in [0.3, 0.4) is 0 Å².